The molecule has 0 spiro atoms. The van der Waals surface area contributed by atoms with Crippen molar-refractivity contribution < 1.29 is 9.50 Å². The van der Waals surface area contributed by atoms with Crippen molar-refractivity contribution >= 4 is 15.9 Å². The normalized spacial score (nSPS) is 18.0. The molecule has 0 heterocycles. The van der Waals surface area contributed by atoms with E-state index in [1.165, 1.54) is 11.6 Å². The van der Waals surface area contributed by atoms with E-state index in [-0.39, 0.29) is 11.2 Å². The van der Waals surface area contributed by atoms with E-state index in [1.54, 1.807) is 6.07 Å². The third kappa shape index (κ3) is 2.77. The second kappa shape index (κ2) is 5.90. The molecule has 1 fully saturated rings. The van der Waals surface area contributed by atoms with E-state index in [0.29, 0.717) is 12.0 Å². The summed E-state index contributed by atoms with van der Waals surface area (Å²) in [5.74, 6) is -0.258. The average Bonchev–Trinajstić information content (AvgIpc) is 2.42. The van der Waals surface area contributed by atoms with Crippen molar-refractivity contribution in [3.05, 3.63) is 69.9 Å². The van der Waals surface area contributed by atoms with Gasteiger partial charge >= 0.3 is 0 Å². The van der Waals surface area contributed by atoms with E-state index in [2.05, 4.69) is 28.1 Å². The summed E-state index contributed by atoms with van der Waals surface area (Å²) < 4.78 is 14.7. The summed E-state index contributed by atoms with van der Waals surface area (Å²) in [4.78, 5) is 0. The van der Waals surface area contributed by atoms with Gasteiger partial charge in [-0.2, -0.15) is 0 Å². The first kappa shape index (κ1) is 14.7. The number of aliphatic hydroxyl groups excluding tert-OH is 1. The van der Waals surface area contributed by atoms with Crippen molar-refractivity contribution in [2.24, 2.45) is 0 Å². The van der Waals surface area contributed by atoms with Gasteiger partial charge < -0.3 is 5.11 Å². The fourth-order valence-corrected chi connectivity index (χ4v) is 3.57. The van der Waals surface area contributed by atoms with Gasteiger partial charge in [0.1, 0.15) is 5.82 Å². The quantitative estimate of drug-likeness (QED) is 0.854. The molecule has 3 rings (SSSR count). The number of hydrogen-bond acceptors (Lipinski definition) is 1. The highest BCUT2D eigenvalue weighted by Gasteiger charge is 2.44. The zero-order valence-corrected chi connectivity index (χ0v) is 13.3. The van der Waals surface area contributed by atoms with E-state index in [0.717, 1.165) is 23.7 Å². The molecule has 0 radical (unpaired) electrons. The zero-order valence-electron chi connectivity index (χ0n) is 11.7. The second-order valence-corrected chi connectivity index (χ2v) is 6.75. The lowest BCUT2D eigenvalue weighted by Gasteiger charge is -2.46. The fraction of sp³-hybridized carbons (Fsp3) is 0.333. The van der Waals surface area contributed by atoms with Crippen LogP contribution in [0.2, 0.25) is 0 Å². The summed E-state index contributed by atoms with van der Waals surface area (Å²) >= 11 is 3.26. The van der Waals surface area contributed by atoms with Crippen molar-refractivity contribution in [3.63, 3.8) is 0 Å². The minimum Gasteiger partial charge on any atom is -0.392 e. The molecule has 3 heteroatoms. The van der Waals surface area contributed by atoms with Crippen LogP contribution in [-0.2, 0) is 11.8 Å². The Labute approximate surface area is 132 Å². The molecule has 0 aliphatic heterocycles. The van der Waals surface area contributed by atoms with Crippen LogP contribution in [0.4, 0.5) is 4.39 Å². The molecule has 2 aromatic carbocycles. The Hall–Kier alpha value is -1.19. The first-order valence-electron chi connectivity index (χ1n) is 7.29. The Bertz CT molecular complexity index is 622. The molecule has 21 heavy (non-hydrogen) atoms. The first-order valence-corrected chi connectivity index (χ1v) is 8.09. The number of hydrogen-bond donors (Lipinski definition) is 1. The third-order valence-electron chi connectivity index (χ3n) is 4.66. The molecule has 1 aliphatic carbocycles. The standard InChI is InChI=1S/C18H18BrFO/c19-15-8-7-13(16(20)12-15)11-17(21)18(9-4-10-18)14-5-2-1-3-6-14/h1-3,5-8,12,17,21H,4,9-11H2. The summed E-state index contributed by atoms with van der Waals surface area (Å²) in [6, 6.07) is 15.2. The molecule has 1 nitrogen and oxygen atoms in total. The Balaban J connectivity index is 1.85. The van der Waals surface area contributed by atoms with Crippen LogP contribution in [-0.4, -0.2) is 11.2 Å². The minimum absolute atomic E-state index is 0.208. The number of aliphatic hydroxyl groups is 1. The summed E-state index contributed by atoms with van der Waals surface area (Å²) in [5, 5.41) is 10.7. The molecule has 1 unspecified atom stereocenters. The van der Waals surface area contributed by atoms with Gasteiger partial charge in [0.25, 0.3) is 0 Å². The van der Waals surface area contributed by atoms with E-state index in [4.69, 9.17) is 0 Å². The zero-order chi connectivity index (χ0) is 14.9. The molecule has 1 N–H and O–H groups in total. The van der Waals surface area contributed by atoms with Gasteiger partial charge in [0.2, 0.25) is 0 Å². The molecule has 2 aromatic rings. The maximum atomic E-state index is 14.0. The Morgan fingerprint density at radius 1 is 1.14 bits per heavy atom. The van der Waals surface area contributed by atoms with Crippen LogP contribution in [0.15, 0.2) is 53.0 Å². The van der Waals surface area contributed by atoms with E-state index >= 15 is 0 Å². The molecule has 1 aliphatic rings. The van der Waals surface area contributed by atoms with Gasteiger partial charge in [0.15, 0.2) is 0 Å². The average molecular weight is 349 g/mol. The third-order valence-corrected chi connectivity index (χ3v) is 5.15. The van der Waals surface area contributed by atoms with Crippen LogP contribution in [0.1, 0.15) is 30.4 Å². The van der Waals surface area contributed by atoms with Crippen LogP contribution in [0.5, 0.6) is 0 Å². The van der Waals surface area contributed by atoms with Gasteiger partial charge in [-0.1, -0.05) is 58.7 Å². The lowest BCUT2D eigenvalue weighted by molar-refractivity contribution is 0.0280. The van der Waals surface area contributed by atoms with Gasteiger partial charge in [-0.05, 0) is 36.1 Å². The fourth-order valence-electron chi connectivity index (χ4n) is 3.23. The van der Waals surface area contributed by atoms with Gasteiger partial charge in [0, 0.05) is 16.3 Å². The van der Waals surface area contributed by atoms with Crippen LogP contribution in [0.3, 0.4) is 0 Å². The highest BCUT2D eigenvalue weighted by Crippen LogP contribution is 2.47. The van der Waals surface area contributed by atoms with E-state index < -0.39 is 6.10 Å². The van der Waals surface area contributed by atoms with Gasteiger partial charge in [0.05, 0.1) is 6.10 Å². The molecule has 110 valence electrons. The van der Waals surface area contributed by atoms with Crippen LogP contribution < -0.4 is 0 Å². The predicted molar refractivity (Wildman–Crippen MR) is 85.8 cm³/mol. The van der Waals surface area contributed by atoms with Gasteiger partial charge in [-0.15, -0.1) is 0 Å². The smallest absolute Gasteiger partial charge is 0.127 e. The summed E-state index contributed by atoms with van der Waals surface area (Å²) in [6.45, 7) is 0. The molecule has 0 saturated heterocycles. The number of rotatable bonds is 4. The highest BCUT2D eigenvalue weighted by molar-refractivity contribution is 9.10. The topological polar surface area (TPSA) is 20.2 Å². The van der Waals surface area contributed by atoms with Crippen molar-refractivity contribution in [2.75, 3.05) is 0 Å². The SMILES string of the molecule is OC(Cc1ccc(Br)cc1F)C1(c2ccccc2)CCC1. The lowest BCUT2D eigenvalue weighted by Crippen LogP contribution is -2.46. The van der Waals surface area contributed by atoms with E-state index in [1.807, 2.05) is 24.3 Å². The molecule has 1 atom stereocenters. The molecular formula is C18H18BrFO. The van der Waals surface area contributed by atoms with Gasteiger partial charge in [-0.25, -0.2) is 4.39 Å². The summed E-state index contributed by atoms with van der Waals surface area (Å²) in [7, 11) is 0. The second-order valence-electron chi connectivity index (χ2n) is 5.83. The van der Waals surface area contributed by atoms with Crippen LogP contribution in [0.25, 0.3) is 0 Å². The maximum absolute atomic E-state index is 14.0. The predicted octanol–water partition coefficient (Wildman–Crippen LogP) is 4.61. The molecular weight excluding hydrogens is 331 g/mol. The molecule has 0 aromatic heterocycles. The first-order chi connectivity index (χ1) is 10.1. The minimum atomic E-state index is -0.552. The monoisotopic (exact) mass is 348 g/mol. The van der Waals surface area contributed by atoms with Crippen molar-refractivity contribution in [1.29, 1.82) is 0 Å². The number of halogens is 2. The van der Waals surface area contributed by atoms with Crippen LogP contribution >= 0.6 is 15.9 Å². The highest BCUT2D eigenvalue weighted by atomic mass is 79.9. The summed E-state index contributed by atoms with van der Waals surface area (Å²) in [6.07, 6.45) is 2.86. The Morgan fingerprint density at radius 3 is 2.43 bits per heavy atom. The molecule has 1 saturated carbocycles. The Kier molecular flexibility index (Phi) is 4.14. The molecule has 0 bridgehead atoms. The van der Waals surface area contributed by atoms with Crippen LogP contribution in [0, 0.1) is 5.82 Å². The van der Waals surface area contributed by atoms with Gasteiger partial charge in [-0.3, -0.25) is 0 Å². The van der Waals surface area contributed by atoms with E-state index in [9.17, 15) is 9.50 Å². The lowest BCUT2D eigenvalue weighted by atomic mass is 9.60. The molecule has 0 amide bonds. The van der Waals surface area contributed by atoms with Crippen molar-refractivity contribution in [2.45, 2.75) is 37.2 Å². The van der Waals surface area contributed by atoms with Crippen molar-refractivity contribution in [1.82, 2.24) is 0 Å². The largest absolute Gasteiger partial charge is 0.392 e. The maximum Gasteiger partial charge on any atom is 0.127 e. The van der Waals surface area contributed by atoms with Crippen molar-refractivity contribution in [3.8, 4) is 0 Å². The summed E-state index contributed by atoms with van der Waals surface area (Å²) in [5.41, 5.74) is 1.54. The number of benzene rings is 2. The Morgan fingerprint density at radius 2 is 1.86 bits per heavy atom.